The van der Waals surface area contributed by atoms with Crippen molar-refractivity contribution in [3.05, 3.63) is 53.1 Å². The van der Waals surface area contributed by atoms with Crippen molar-refractivity contribution in [2.75, 3.05) is 24.5 Å². The van der Waals surface area contributed by atoms with Crippen molar-refractivity contribution >= 4 is 23.5 Å². The number of carbonyl (C=O) groups excluding carboxylic acids is 1. The number of aliphatic imine (C=N–C) groups is 1. The maximum absolute atomic E-state index is 14.0. The van der Waals surface area contributed by atoms with Crippen molar-refractivity contribution in [1.29, 1.82) is 0 Å². The summed E-state index contributed by atoms with van der Waals surface area (Å²) in [6.45, 7) is 0.254. The monoisotopic (exact) mass is 506 g/mol. The molecule has 0 spiro atoms. The highest BCUT2D eigenvalue weighted by atomic mass is 19.3. The first kappa shape index (κ1) is 25.4. The summed E-state index contributed by atoms with van der Waals surface area (Å²) in [5.41, 5.74) is 7.50. The molecule has 1 amide bonds. The largest absolute Gasteiger partial charge is 0.487 e. The normalized spacial score (nSPS) is 17.1. The number of ether oxygens (including phenoxy) is 1. The van der Waals surface area contributed by atoms with Gasteiger partial charge in [-0.1, -0.05) is 0 Å². The number of hydrogen-bond acceptors (Lipinski definition) is 7. The summed E-state index contributed by atoms with van der Waals surface area (Å²) in [7, 11) is 0. The van der Waals surface area contributed by atoms with Gasteiger partial charge in [0.25, 0.3) is 0 Å². The smallest absolute Gasteiger partial charge is 0.331 e. The van der Waals surface area contributed by atoms with Gasteiger partial charge in [0, 0.05) is 69.9 Å². The number of allylic oxidation sites excluding steroid dienone is 1. The number of hydrogen-bond donors (Lipinski definition) is 1. The van der Waals surface area contributed by atoms with Crippen LogP contribution in [0.3, 0.4) is 0 Å². The average molecular weight is 507 g/mol. The molecule has 0 saturated carbocycles. The molecule has 2 aromatic rings. The van der Waals surface area contributed by atoms with Crippen LogP contribution in [0.15, 0.2) is 29.4 Å². The Bertz CT molecular complexity index is 1180. The molecule has 2 aliphatic rings. The zero-order chi connectivity index (χ0) is 25.8. The number of piperidine rings is 1. The molecule has 0 bridgehead atoms. The molecule has 1 aromatic carbocycles. The lowest BCUT2D eigenvalue weighted by atomic mass is 10.0. The predicted molar refractivity (Wildman–Crippen MR) is 126 cm³/mol. The maximum atomic E-state index is 14.0. The molecule has 4 rings (SSSR count). The van der Waals surface area contributed by atoms with E-state index in [-0.39, 0.29) is 35.6 Å². The molecule has 0 aliphatic carbocycles. The fraction of sp³-hybridized carbons (Fsp3) is 0.417. The van der Waals surface area contributed by atoms with E-state index in [1.54, 1.807) is 4.90 Å². The molecule has 1 aromatic heterocycles. The molecule has 3 heterocycles. The second-order valence-corrected chi connectivity index (χ2v) is 8.54. The number of nitrogens with zero attached hydrogens (tertiary/aromatic N) is 5. The Morgan fingerprint density at radius 1 is 1.19 bits per heavy atom. The first-order valence-corrected chi connectivity index (χ1v) is 11.5. The van der Waals surface area contributed by atoms with E-state index in [1.165, 1.54) is 13.0 Å². The van der Waals surface area contributed by atoms with E-state index in [0.29, 0.717) is 50.4 Å². The van der Waals surface area contributed by atoms with Gasteiger partial charge in [-0.05, 0) is 12.1 Å². The van der Waals surface area contributed by atoms with Crippen LogP contribution in [0, 0.1) is 11.6 Å². The first-order chi connectivity index (χ1) is 17.2. The SMILES string of the molecule is CC(=O)N1CCc2nc(N3CCC(Oc4ccc(F)cc4F)CC3)c(C(C=NC(F)F)=CN)nc2C1. The number of nitrogens with two attached hydrogens (primary N) is 1. The number of halogens is 4. The second kappa shape index (κ2) is 10.9. The molecule has 8 nitrogen and oxygen atoms in total. The number of rotatable bonds is 6. The number of fused-ring (bicyclic) bond motifs is 1. The zero-order valence-corrected chi connectivity index (χ0v) is 19.6. The Kier molecular flexibility index (Phi) is 7.70. The Hall–Kier alpha value is -3.70. The number of aromatic nitrogens is 2. The van der Waals surface area contributed by atoms with Crippen LogP contribution >= 0.6 is 0 Å². The van der Waals surface area contributed by atoms with Crippen molar-refractivity contribution < 1.29 is 27.1 Å². The highest BCUT2D eigenvalue weighted by Crippen LogP contribution is 2.30. The highest BCUT2D eigenvalue weighted by Gasteiger charge is 2.29. The van der Waals surface area contributed by atoms with Gasteiger partial charge < -0.3 is 20.3 Å². The minimum atomic E-state index is -2.91. The van der Waals surface area contributed by atoms with Crippen molar-refractivity contribution in [1.82, 2.24) is 14.9 Å². The topological polar surface area (TPSA) is 96.9 Å². The van der Waals surface area contributed by atoms with Crippen molar-refractivity contribution in [2.45, 2.75) is 45.4 Å². The van der Waals surface area contributed by atoms with Gasteiger partial charge in [-0.3, -0.25) is 4.79 Å². The van der Waals surface area contributed by atoms with Crippen LogP contribution < -0.4 is 15.4 Å². The lowest BCUT2D eigenvalue weighted by Gasteiger charge is -2.35. The number of amides is 1. The molecule has 1 saturated heterocycles. The van der Waals surface area contributed by atoms with E-state index >= 15 is 0 Å². The molecule has 36 heavy (non-hydrogen) atoms. The summed E-state index contributed by atoms with van der Waals surface area (Å²) in [6.07, 6.45) is 3.34. The predicted octanol–water partition coefficient (Wildman–Crippen LogP) is 3.30. The Morgan fingerprint density at radius 3 is 2.58 bits per heavy atom. The van der Waals surface area contributed by atoms with Crippen molar-refractivity contribution in [3.8, 4) is 5.75 Å². The first-order valence-electron chi connectivity index (χ1n) is 11.5. The molecule has 192 valence electrons. The fourth-order valence-corrected chi connectivity index (χ4v) is 4.26. The Labute approximate surface area is 205 Å². The Morgan fingerprint density at radius 2 is 1.94 bits per heavy atom. The molecule has 0 atom stereocenters. The highest BCUT2D eigenvalue weighted by molar-refractivity contribution is 6.10. The third kappa shape index (κ3) is 5.74. The van der Waals surface area contributed by atoms with Crippen LogP contribution in [0.1, 0.15) is 36.8 Å². The van der Waals surface area contributed by atoms with E-state index in [2.05, 4.69) is 9.98 Å². The van der Waals surface area contributed by atoms with Gasteiger partial charge in [-0.2, -0.15) is 8.78 Å². The molecular formula is C24H26F4N6O2. The lowest BCUT2D eigenvalue weighted by molar-refractivity contribution is -0.129. The Balaban J connectivity index is 1.59. The number of carbonyl (C=O) groups is 1. The molecule has 1 fully saturated rings. The standard InChI is InChI=1S/C24H26F4N6O2/c1-14(35)34-9-6-19-20(13-34)31-22(15(11-29)12-30-24(27)28)23(32-19)33-7-4-17(5-8-33)36-21-3-2-16(25)10-18(21)26/h2-3,10-12,17,24H,4-9,13,29H2,1H3. The van der Waals surface area contributed by atoms with E-state index in [9.17, 15) is 22.4 Å². The number of alkyl halides is 2. The summed E-state index contributed by atoms with van der Waals surface area (Å²) < 4.78 is 58.4. The summed E-state index contributed by atoms with van der Waals surface area (Å²) in [4.78, 5) is 28.1. The fourth-order valence-electron chi connectivity index (χ4n) is 4.26. The van der Waals surface area contributed by atoms with Gasteiger partial charge in [0.1, 0.15) is 17.6 Å². The maximum Gasteiger partial charge on any atom is 0.331 e. The lowest BCUT2D eigenvalue weighted by Crippen LogP contribution is -2.40. The van der Waals surface area contributed by atoms with E-state index in [4.69, 9.17) is 15.5 Å². The van der Waals surface area contributed by atoms with E-state index < -0.39 is 18.2 Å². The van der Waals surface area contributed by atoms with Gasteiger partial charge in [0.2, 0.25) is 5.91 Å². The summed E-state index contributed by atoms with van der Waals surface area (Å²) in [5.74, 6) is -1.10. The summed E-state index contributed by atoms with van der Waals surface area (Å²) >= 11 is 0. The van der Waals surface area contributed by atoms with E-state index in [1.807, 2.05) is 4.90 Å². The van der Waals surface area contributed by atoms with Gasteiger partial charge in [-0.15, -0.1) is 0 Å². The third-order valence-corrected chi connectivity index (χ3v) is 6.15. The quantitative estimate of drug-likeness (QED) is 0.367. The zero-order valence-electron chi connectivity index (χ0n) is 19.6. The number of benzene rings is 1. The minimum absolute atomic E-state index is 0.0179. The van der Waals surface area contributed by atoms with Crippen LogP contribution in [0.2, 0.25) is 0 Å². The van der Waals surface area contributed by atoms with Gasteiger partial charge in [0.15, 0.2) is 17.4 Å². The van der Waals surface area contributed by atoms with Crippen LogP contribution in [0.5, 0.6) is 5.75 Å². The van der Waals surface area contributed by atoms with Crippen LogP contribution in [0.4, 0.5) is 23.4 Å². The van der Waals surface area contributed by atoms with Crippen LogP contribution in [-0.2, 0) is 17.8 Å². The summed E-state index contributed by atoms with van der Waals surface area (Å²) in [6, 6.07) is 3.17. The van der Waals surface area contributed by atoms with Gasteiger partial charge in [-0.25, -0.2) is 23.7 Å². The molecular weight excluding hydrogens is 480 g/mol. The molecule has 2 N–H and O–H groups in total. The molecule has 0 radical (unpaired) electrons. The third-order valence-electron chi connectivity index (χ3n) is 6.15. The van der Waals surface area contributed by atoms with Gasteiger partial charge >= 0.3 is 6.55 Å². The van der Waals surface area contributed by atoms with Gasteiger partial charge in [0.05, 0.1) is 17.9 Å². The van der Waals surface area contributed by atoms with Crippen LogP contribution in [0.25, 0.3) is 5.57 Å². The minimum Gasteiger partial charge on any atom is -0.487 e. The molecule has 12 heteroatoms. The molecule has 0 unspecified atom stereocenters. The summed E-state index contributed by atoms with van der Waals surface area (Å²) in [5, 5.41) is 0. The van der Waals surface area contributed by atoms with E-state index in [0.717, 1.165) is 30.2 Å². The number of anilines is 1. The van der Waals surface area contributed by atoms with Crippen molar-refractivity contribution in [3.63, 3.8) is 0 Å². The van der Waals surface area contributed by atoms with Crippen molar-refractivity contribution in [2.24, 2.45) is 10.7 Å². The van der Waals surface area contributed by atoms with Crippen LogP contribution in [-0.4, -0.2) is 59.3 Å². The molecule has 2 aliphatic heterocycles. The average Bonchev–Trinajstić information content (AvgIpc) is 2.85. The second-order valence-electron chi connectivity index (χ2n) is 8.54.